The summed E-state index contributed by atoms with van der Waals surface area (Å²) in [6.45, 7) is 2.01. The van der Waals surface area contributed by atoms with Crippen LogP contribution in [-0.4, -0.2) is 4.57 Å². The molecule has 0 unspecified atom stereocenters. The van der Waals surface area contributed by atoms with E-state index in [0.29, 0.717) is 11.1 Å². The summed E-state index contributed by atoms with van der Waals surface area (Å²) in [4.78, 5) is 0. The van der Waals surface area contributed by atoms with Crippen molar-refractivity contribution in [3.05, 3.63) is 108 Å². The summed E-state index contributed by atoms with van der Waals surface area (Å²) in [5.74, 6) is 0. The molecule has 0 aliphatic carbocycles. The number of rotatable bonds is 3. The van der Waals surface area contributed by atoms with Crippen LogP contribution >= 0.6 is 0 Å². The second-order valence-corrected chi connectivity index (χ2v) is 6.27. The molecule has 4 rings (SSSR count). The predicted molar refractivity (Wildman–Crippen MR) is 103 cm³/mol. The van der Waals surface area contributed by atoms with Crippen LogP contribution in [-0.2, 0) is 0 Å². The maximum absolute atomic E-state index is 14.0. The molecule has 0 radical (unpaired) electrons. The van der Waals surface area contributed by atoms with Gasteiger partial charge in [0.15, 0.2) is 0 Å². The Balaban J connectivity index is 2.04. The Kier molecular flexibility index (Phi) is 4.13. The van der Waals surface area contributed by atoms with E-state index in [-0.39, 0.29) is 5.57 Å². The summed E-state index contributed by atoms with van der Waals surface area (Å²) >= 11 is 0. The molecule has 3 heteroatoms. The van der Waals surface area contributed by atoms with Crippen LogP contribution in [0.15, 0.2) is 91.1 Å². The van der Waals surface area contributed by atoms with Crippen LogP contribution in [0.3, 0.4) is 0 Å². The Hall–Kier alpha value is -3.20. The molecule has 1 aromatic heterocycles. The second kappa shape index (κ2) is 6.60. The Morgan fingerprint density at radius 2 is 1.46 bits per heavy atom. The first-order valence-electron chi connectivity index (χ1n) is 8.43. The van der Waals surface area contributed by atoms with Crippen LogP contribution in [0.25, 0.3) is 22.2 Å². The molecule has 0 atom stereocenters. The number of benzene rings is 3. The molecule has 0 saturated carbocycles. The molecule has 128 valence electrons. The normalized spacial score (nSPS) is 10.9. The topological polar surface area (TPSA) is 4.93 Å². The molecule has 0 saturated heterocycles. The van der Waals surface area contributed by atoms with Gasteiger partial charge in [0.1, 0.15) is 0 Å². The van der Waals surface area contributed by atoms with Crippen LogP contribution in [0.4, 0.5) is 8.78 Å². The minimum Gasteiger partial charge on any atom is -0.316 e. The average Bonchev–Trinajstić information content (AvgIpc) is 3.01. The molecule has 0 amide bonds. The molecular weight excluding hydrogens is 328 g/mol. The van der Waals surface area contributed by atoms with Crippen molar-refractivity contribution in [3.63, 3.8) is 0 Å². The largest absolute Gasteiger partial charge is 0.316 e. The molecule has 0 fully saturated rings. The highest BCUT2D eigenvalue weighted by molar-refractivity contribution is 5.98. The van der Waals surface area contributed by atoms with Gasteiger partial charge in [0.05, 0.1) is 11.1 Å². The molecule has 0 bridgehead atoms. The lowest BCUT2D eigenvalue weighted by Crippen LogP contribution is -1.91. The molecule has 4 aromatic rings. The van der Waals surface area contributed by atoms with Gasteiger partial charge in [-0.2, -0.15) is 8.78 Å². The lowest BCUT2D eigenvalue weighted by atomic mass is 9.98. The number of halogens is 2. The number of aromatic nitrogens is 1. The van der Waals surface area contributed by atoms with Crippen molar-refractivity contribution >= 4 is 16.5 Å². The minimum atomic E-state index is -1.68. The van der Waals surface area contributed by atoms with E-state index >= 15 is 0 Å². The molecule has 0 spiro atoms. The lowest BCUT2D eigenvalue weighted by Gasteiger charge is -2.06. The van der Waals surface area contributed by atoms with E-state index in [0.717, 1.165) is 22.2 Å². The number of para-hydroxylation sites is 1. The molecule has 0 N–H and O–H groups in total. The minimum absolute atomic E-state index is 0.0193. The van der Waals surface area contributed by atoms with Crippen molar-refractivity contribution in [2.75, 3.05) is 0 Å². The van der Waals surface area contributed by atoms with E-state index in [1.807, 2.05) is 66.1 Å². The molecule has 1 heterocycles. The standard InChI is InChI=1S/C23H17F2N/c1-16-12-13-19-20(22(23(24)25)17-8-4-2-5-9-17)15-26(21(19)14-16)18-10-6-3-7-11-18/h2-15H,1H3. The molecule has 0 aliphatic heterocycles. The molecule has 1 nitrogen and oxygen atoms in total. The smallest absolute Gasteiger partial charge is 0.278 e. The van der Waals surface area contributed by atoms with E-state index in [9.17, 15) is 8.78 Å². The first-order valence-corrected chi connectivity index (χ1v) is 8.43. The second-order valence-electron chi connectivity index (χ2n) is 6.27. The van der Waals surface area contributed by atoms with Crippen molar-refractivity contribution in [2.24, 2.45) is 0 Å². The number of aryl methyl sites for hydroxylation is 1. The first-order chi connectivity index (χ1) is 12.6. The molecule has 3 aromatic carbocycles. The van der Waals surface area contributed by atoms with Crippen molar-refractivity contribution in [2.45, 2.75) is 6.92 Å². The Morgan fingerprint density at radius 3 is 2.12 bits per heavy atom. The van der Waals surface area contributed by atoms with Gasteiger partial charge in [-0.3, -0.25) is 0 Å². The zero-order chi connectivity index (χ0) is 18.1. The predicted octanol–water partition coefficient (Wildman–Crippen LogP) is 6.59. The van der Waals surface area contributed by atoms with Gasteiger partial charge in [-0.05, 0) is 36.2 Å². The van der Waals surface area contributed by atoms with E-state index in [4.69, 9.17) is 0 Å². The highest BCUT2D eigenvalue weighted by Crippen LogP contribution is 2.36. The van der Waals surface area contributed by atoms with Gasteiger partial charge in [-0.1, -0.05) is 60.7 Å². The van der Waals surface area contributed by atoms with Gasteiger partial charge < -0.3 is 4.57 Å². The molecule has 26 heavy (non-hydrogen) atoms. The van der Waals surface area contributed by atoms with Gasteiger partial charge in [-0.15, -0.1) is 0 Å². The van der Waals surface area contributed by atoms with Crippen LogP contribution < -0.4 is 0 Å². The highest BCUT2D eigenvalue weighted by atomic mass is 19.3. The lowest BCUT2D eigenvalue weighted by molar-refractivity contribution is 0.426. The van der Waals surface area contributed by atoms with Gasteiger partial charge in [-0.25, -0.2) is 0 Å². The third-order valence-corrected chi connectivity index (χ3v) is 4.52. The van der Waals surface area contributed by atoms with Crippen LogP contribution in [0.1, 0.15) is 16.7 Å². The number of fused-ring (bicyclic) bond motifs is 1. The van der Waals surface area contributed by atoms with Gasteiger partial charge >= 0.3 is 0 Å². The zero-order valence-corrected chi connectivity index (χ0v) is 14.3. The SMILES string of the molecule is Cc1ccc2c(C(=C(F)F)c3ccccc3)cn(-c3ccccc3)c2c1. The third-order valence-electron chi connectivity index (χ3n) is 4.52. The summed E-state index contributed by atoms with van der Waals surface area (Å²) in [5, 5.41) is 0.811. The average molecular weight is 345 g/mol. The first kappa shape index (κ1) is 16.3. The number of hydrogen-bond donors (Lipinski definition) is 0. The van der Waals surface area contributed by atoms with Crippen LogP contribution in [0.2, 0.25) is 0 Å². The van der Waals surface area contributed by atoms with Gasteiger partial charge in [0.2, 0.25) is 0 Å². The Morgan fingerprint density at radius 1 is 0.808 bits per heavy atom. The van der Waals surface area contributed by atoms with Crippen LogP contribution in [0, 0.1) is 6.92 Å². The van der Waals surface area contributed by atoms with Crippen LogP contribution in [0.5, 0.6) is 0 Å². The van der Waals surface area contributed by atoms with E-state index in [2.05, 4.69) is 0 Å². The molecule has 0 aliphatic rings. The number of hydrogen-bond acceptors (Lipinski definition) is 0. The van der Waals surface area contributed by atoms with Crippen molar-refractivity contribution in [1.29, 1.82) is 0 Å². The van der Waals surface area contributed by atoms with Gasteiger partial charge in [0.25, 0.3) is 6.08 Å². The third kappa shape index (κ3) is 2.82. The summed E-state index contributed by atoms with van der Waals surface area (Å²) in [6, 6.07) is 24.5. The zero-order valence-electron chi connectivity index (χ0n) is 14.3. The maximum Gasteiger partial charge on any atom is 0.278 e. The summed E-state index contributed by atoms with van der Waals surface area (Å²) in [6.07, 6.45) is 0.130. The van der Waals surface area contributed by atoms with Crippen molar-refractivity contribution < 1.29 is 8.78 Å². The van der Waals surface area contributed by atoms with Crippen molar-refractivity contribution in [1.82, 2.24) is 4.57 Å². The van der Waals surface area contributed by atoms with E-state index in [1.165, 1.54) is 0 Å². The highest BCUT2D eigenvalue weighted by Gasteiger charge is 2.19. The monoisotopic (exact) mass is 345 g/mol. The fourth-order valence-corrected chi connectivity index (χ4v) is 3.31. The van der Waals surface area contributed by atoms with Gasteiger partial charge in [0, 0.05) is 22.8 Å². The van der Waals surface area contributed by atoms with E-state index < -0.39 is 6.08 Å². The quantitative estimate of drug-likeness (QED) is 0.394. The van der Waals surface area contributed by atoms with E-state index in [1.54, 1.807) is 30.5 Å². The fraction of sp³-hybridized carbons (Fsp3) is 0.0435. The maximum atomic E-state index is 14.0. The summed E-state index contributed by atoms with van der Waals surface area (Å²) in [7, 11) is 0. The fourth-order valence-electron chi connectivity index (χ4n) is 3.31. The molecular formula is C23H17F2N. The number of nitrogens with zero attached hydrogens (tertiary/aromatic N) is 1. The Labute approximate surface area is 150 Å². The van der Waals surface area contributed by atoms with Crippen molar-refractivity contribution in [3.8, 4) is 5.69 Å². The Bertz CT molecular complexity index is 1090. The summed E-state index contributed by atoms with van der Waals surface area (Å²) < 4.78 is 29.9. The summed E-state index contributed by atoms with van der Waals surface area (Å²) in [5.41, 5.74) is 3.98.